The zero-order valence-corrected chi connectivity index (χ0v) is 15.7. The van der Waals surface area contributed by atoms with Crippen LogP contribution in [-0.4, -0.2) is 29.4 Å². The molecule has 0 amide bonds. The van der Waals surface area contributed by atoms with Gasteiger partial charge in [-0.2, -0.15) is 5.10 Å². The van der Waals surface area contributed by atoms with E-state index in [9.17, 15) is 4.79 Å². The third-order valence-corrected chi connectivity index (χ3v) is 4.50. The summed E-state index contributed by atoms with van der Waals surface area (Å²) in [6, 6.07) is 0. The third kappa shape index (κ3) is 2.77. The van der Waals surface area contributed by atoms with Crippen LogP contribution in [0.15, 0.2) is 34.6 Å². The van der Waals surface area contributed by atoms with Crippen LogP contribution in [0.2, 0.25) is 0 Å². The molecule has 7 nitrogen and oxygen atoms in total. The fraction of sp³-hybridized carbons (Fsp3) is 0.474. The summed E-state index contributed by atoms with van der Waals surface area (Å²) in [7, 11) is 0. The summed E-state index contributed by atoms with van der Waals surface area (Å²) < 4.78 is 5.61. The van der Waals surface area contributed by atoms with Crippen molar-refractivity contribution in [1.82, 2.24) is 23.7 Å². The zero-order valence-electron chi connectivity index (χ0n) is 15.7. The molecular formula is C19H24N6O. The summed E-state index contributed by atoms with van der Waals surface area (Å²) in [4.78, 5) is 22.1. The third-order valence-electron chi connectivity index (χ3n) is 4.50. The molecule has 3 aromatic rings. The Kier molecular flexibility index (Phi) is 3.82. The van der Waals surface area contributed by atoms with Crippen LogP contribution in [0.4, 0.5) is 5.82 Å². The standard InChI is InChI=1S/C19H24N6O/c1-5-7-25-17(26)14-9-15(22-16(14)24-8-6-20-18(24)25)13-10-21-23(11-13)12-19(2,3)4/h6,8,10-11H,5,7,9,12H2,1-4H3. The number of fused-ring (bicyclic) bond motifs is 3. The lowest BCUT2D eigenvalue weighted by Crippen LogP contribution is -2.26. The minimum absolute atomic E-state index is 0.0152. The van der Waals surface area contributed by atoms with Gasteiger partial charge in [0.25, 0.3) is 5.56 Å². The Morgan fingerprint density at radius 2 is 2.08 bits per heavy atom. The Balaban J connectivity index is 1.75. The van der Waals surface area contributed by atoms with E-state index in [1.165, 1.54) is 0 Å². The Hall–Kier alpha value is -2.70. The van der Waals surface area contributed by atoms with Gasteiger partial charge in [-0.15, -0.1) is 0 Å². The van der Waals surface area contributed by atoms with Crippen LogP contribution in [0, 0.1) is 5.41 Å². The SMILES string of the molecule is CCCn1c(=O)c2c(n3ccnc13)N=C(c1cnn(CC(C)(C)C)c1)C2. The number of imidazole rings is 1. The molecule has 1 aliphatic rings. The molecule has 3 aromatic heterocycles. The second kappa shape index (κ2) is 5.93. The molecule has 0 radical (unpaired) electrons. The van der Waals surface area contributed by atoms with Gasteiger partial charge in [-0.05, 0) is 11.8 Å². The highest BCUT2D eigenvalue weighted by Gasteiger charge is 2.25. The Morgan fingerprint density at radius 3 is 2.81 bits per heavy atom. The van der Waals surface area contributed by atoms with Gasteiger partial charge in [0.1, 0.15) is 5.82 Å². The van der Waals surface area contributed by atoms with Gasteiger partial charge < -0.3 is 0 Å². The highest BCUT2D eigenvalue weighted by atomic mass is 16.1. The van der Waals surface area contributed by atoms with E-state index in [0.717, 1.165) is 29.8 Å². The van der Waals surface area contributed by atoms with Gasteiger partial charge in [0, 0.05) is 43.7 Å². The molecule has 0 saturated heterocycles. The molecule has 4 rings (SSSR count). The van der Waals surface area contributed by atoms with Gasteiger partial charge in [0.05, 0.1) is 17.5 Å². The first-order valence-corrected chi connectivity index (χ1v) is 9.06. The van der Waals surface area contributed by atoms with Crippen LogP contribution in [0.5, 0.6) is 0 Å². The summed E-state index contributed by atoms with van der Waals surface area (Å²) in [6.07, 6.45) is 8.87. The molecule has 136 valence electrons. The summed E-state index contributed by atoms with van der Waals surface area (Å²) in [5, 5.41) is 4.46. The molecule has 0 saturated carbocycles. The zero-order chi connectivity index (χ0) is 18.5. The molecule has 26 heavy (non-hydrogen) atoms. The number of hydrogen-bond acceptors (Lipinski definition) is 4. The predicted octanol–water partition coefficient (Wildman–Crippen LogP) is 2.83. The molecule has 7 heteroatoms. The molecule has 0 aliphatic carbocycles. The number of aromatic nitrogens is 5. The van der Waals surface area contributed by atoms with Crippen molar-refractivity contribution < 1.29 is 0 Å². The molecule has 0 atom stereocenters. The van der Waals surface area contributed by atoms with Crippen molar-refractivity contribution in [3.05, 3.63) is 46.3 Å². The molecule has 0 unspecified atom stereocenters. The van der Waals surface area contributed by atoms with Gasteiger partial charge in [0.15, 0.2) is 0 Å². The van der Waals surface area contributed by atoms with E-state index < -0.39 is 0 Å². The summed E-state index contributed by atoms with van der Waals surface area (Å²) in [5.74, 6) is 1.36. The maximum absolute atomic E-state index is 12.9. The molecule has 0 spiro atoms. The fourth-order valence-corrected chi connectivity index (χ4v) is 3.44. The van der Waals surface area contributed by atoms with E-state index in [1.54, 1.807) is 10.8 Å². The first-order chi connectivity index (χ1) is 12.4. The fourth-order valence-electron chi connectivity index (χ4n) is 3.44. The normalized spacial score (nSPS) is 14.1. The smallest absolute Gasteiger partial charge is 0.260 e. The molecule has 4 heterocycles. The van der Waals surface area contributed by atoms with Crippen molar-refractivity contribution in [2.45, 2.75) is 53.6 Å². The van der Waals surface area contributed by atoms with E-state index in [0.29, 0.717) is 24.6 Å². The van der Waals surface area contributed by atoms with Crippen LogP contribution >= 0.6 is 0 Å². The lowest BCUT2D eigenvalue weighted by molar-refractivity contribution is 0.325. The van der Waals surface area contributed by atoms with Gasteiger partial charge in [0.2, 0.25) is 5.78 Å². The van der Waals surface area contributed by atoms with Crippen LogP contribution in [0.1, 0.15) is 45.2 Å². The van der Waals surface area contributed by atoms with Crippen molar-refractivity contribution in [3.63, 3.8) is 0 Å². The van der Waals surface area contributed by atoms with Crippen LogP contribution in [-0.2, 0) is 19.5 Å². The maximum Gasteiger partial charge on any atom is 0.260 e. The van der Waals surface area contributed by atoms with Crippen molar-refractivity contribution in [1.29, 1.82) is 0 Å². The van der Waals surface area contributed by atoms with Crippen molar-refractivity contribution >= 4 is 17.3 Å². The van der Waals surface area contributed by atoms with E-state index in [-0.39, 0.29) is 11.0 Å². The topological polar surface area (TPSA) is 69.5 Å². The van der Waals surface area contributed by atoms with Gasteiger partial charge in [-0.25, -0.2) is 9.98 Å². The number of aryl methyl sites for hydroxylation is 1. The first kappa shape index (κ1) is 16.8. The van der Waals surface area contributed by atoms with Crippen molar-refractivity contribution in [3.8, 4) is 0 Å². The minimum atomic E-state index is 0.0152. The Labute approximate surface area is 152 Å². The highest BCUT2D eigenvalue weighted by molar-refractivity contribution is 6.05. The Bertz CT molecular complexity index is 1060. The summed E-state index contributed by atoms with van der Waals surface area (Å²) >= 11 is 0. The van der Waals surface area contributed by atoms with E-state index in [4.69, 9.17) is 4.99 Å². The minimum Gasteiger partial charge on any atom is -0.278 e. The molecule has 0 aromatic carbocycles. The van der Waals surface area contributed by atoms with E-state index in [1.807, 2.05) is 27.7 Å². The average molecular weight is 352 g/mol. The monoisotopic (exact) mass is 352 g/mol. The van der Waals surface area contributed by atoms with Gasteiger partial charge in [-0.1, -0.05) is 27.7 Å². The van der Waals surface area contributed by atoms with Crippen LogP contribution in [0.3, 0.4) is 0 Å². The number of hydrogen-bond donors (Lipinski definition) is 0. The first-order valence-electron chi connectivity index (χ1n) is 9.06. The van der Waals surface area contributed by atoms with Gasteiger partial charge in [-0.3, -0.25) is 18.4 Å². The van der Waals surface area contributed by atoms with Crippen LogP contribution in [0.25, 0.3) is 5.78 Å². The van der Waals surface area contributed by atoms with E-state index >= 15 is 0 Å². The number of nitrogens with zero attached hydrogens (tertiary/aromatic N) is 6. The molecule has 0 N–H and O–H groups in total. The summed E-state index contributed by atoms with van der Waals surface area (Å²) in [6.45, 7) is 10.1. The molecule has 0 bridgehead atoms. The van der Waals surface area contributed by atoms with Gasteiger partial charge >= 0.3 is 0 Å². The number of aliphatic imine (C=N–C) groups is 1. The van der Waals surface area contributed by atoms with Crippen LogP contribution < -0.4 is 5.56 Å². The molecule has 0 fully saturated rings. The lowest BCUT2D eigenvalue weighted by Gasteiger charge is -2.17. The molecular weight excluding hydrogens is 328 g/mol. The molecule has 1 aliphatic heterocycles. The highest BCUT2D eigenvalue weighted by Crippen LogP contribution is 2.27. The maximum atomic E-state index is 12.9. The largest absolute Gasteiger partial charge is 0.278 e. The second-order valence-electron chi connectivity index (χ2n) is 8.08. The Morgan fingerprint density at radius 1 is 1.27 bits per heavy atom. The lowest BCUT2D eigenvalue weighted by atomic mass is 9.97. The summed E-state index contributed by atoms with van der Waals surface area (Å²) in [5.41, 5.74) is 2.77. The van der Waals surface area contributed by atoms with Crippen molar-refractivity contribution in [2.24, 2.45) is 10.4 Å². The van der Waals surface area contributed by atoms with Crippen molar-refractivity contribution in [2.75, 3.05) is 0 Å². The van der Waals surface area contributed by atoms with E-state index in [2.05, 4.69) is 37.8 Å². The second-order valence-corrected chi connectivity index (χ2v) is 8.08. The average Bonchev–Trinajstić information content (AvgIpc) is 3.27. The quantitative estimate of drug-likeness (QED) is 0.725. The number of rotatable bonds is 4. The predicted molar refractivity (Wildman–Crippen MR) is 101 cm³/mol.